The molecule has 0 bridgehead atoms. The van der Waals surface area contributed by atoms with Gasteiger partial charge in [-0.05, 0) is 29.8 Å². The monoisotopic (exact) mass is 276 g/mol. The van der Waals surface area contributed by atoms with Crippen LogP contribution in [0.1, 0.15) is 21.6 Å². The molecule has 0 radical (unpaired) electrons. The van der Waals surface area contributed by atoms with Crippen LogP contribution in [0.25, 0.3) is 0 Å². The van der Waals surface area contributed by atoms with E-state index < -0.39 is 5.91 Å². The Balaban J connectivity index is 2.20. The number of carbonyl (C=O) groups is 1. The average Bonchev–Trinajstić information content (AvgIpc) is 2.45. The molecular formula is C13H13ClN4O. The topological polar surface area (TPSA) is 80.9 Å². The van der Waals surface area contributed by atoms with Gasteiger partial charge in [0, 0.05) is 18.9 Å². The number of nitrogens with one attached hydrogen (secondary N) is 1. The average molecular weight is 277 g/mol. The Kier molecular flexibility index (Phi) is 4.30. The maximum Gasteiger partial charge on any atom is 0.252 e. The number of hydrogen-bond acceptors (Lipinski definition) is 4. The van der Waals surface area contributed by atoms with Crippen molar-refractivity contribution >= 4 is 23.3 Å². The summed E-state index contributed by atoms with van der Waals surface area (Å²) in [5, 5.41) is 3.09. The molecule has 0 unspecified atom stereocenters. The van der Waals surface area contributed by atoms with Crippen LogP contribution >= 0.6 is 11.6 Å². The number of carbonyl (C=O) groups excluding carboxylic acids is 1. The molecule has 0 atom stereocenters. The molecule has 19 heavy (non-hydrogen) atoms. The fourth-order valence-corrected chi connectivity index (χ4v) is 1.74. The summed E-state index contributed by atoms with van der Waals surface area (Å²) in [4.78, 5) is 19.5. The van der Waals surface area contributed by atoms with Crippen molar-refractivity contribution in [3.63, 3.8) is 0 Å². The molecule has 98 valence electrons. The maximum atomic E-state index is 11.3. The summed E-state index contributed by atoms with van der Waals surface area (Å²) in [5.74, 6) is 0.205. The van der Waals surface area contributed by atoms with Gasteiger partial charge in [0.15, 0.2) is 0 Å². The summed E-state index contributed by atoms with van der Waals surface area (Å²) in [6, 6.07) is 7.07. The number of halogens is 1. The largest absolute Gasteiger partial charge is 0.365 e. The zero-order valence-corrected chi connectivity index (χ0v) is 10.9. The Labute approximate surface area is 115 Å². The molecule has 0 aliphatic rings. The second kappa shape index (κ2) is 6.15. The van der Waals surface area contributed by atoms with Crippen molar-refractivity contribution < 1.29 is 4.79 Å². The van der Waals surface area contributed by atoms with Gasteiger partial charge in [-0.15, -0.1) is 11.6 Å². The number of pyridine rings is 2. The smallest absolute Gasteiger partial charge is 0.252 e. The number of amides is 1. The van der Waals surface area contributed by atoms with E-state index in [0.717, 1.165) is 5.56 Å². The standard InChI is InChI=1S/C13H13ClN4O/c14-7-10-1-2-11(12(15)19)13(18-10)17-8-9-3-5-16-6-4-9/h1-6H,7-8H2,(H2,15,19)(H,17,18). The third-order valence-corrected chi connectivity index (χ3v) is 2.84. The highest BCUT2D eigenvalue weighted by Crippen LogP contribution is 2.15. The van der Waals surface area contributed by atoms with E-state index in [-0.39, 0.29) is 5.88 Å². The lowest BCUT2D eigenvalue weighted by molar-refractivity contribution is 0.100. The summed E-state index contributed by atoms with van der Waals surface area (Å²) in [7, 11) is 0. The third kappa shape index (κ3) is 3.42. The Hall–Kier alpha value is -2.14. The lowest BCUT2D eigenvalue weighted by Gasteiger charge is -2.10. The zero-order chi connectivity index (χ0) is 13.7. The van der Waals surface area contributed by atoms with Crippen LogP contribution in [-0.2, 0) is 12.4 Å². The van der Waals surface area contributed by atoms with E-state index in [1.807, 2.05) is 12.1 Å². The summed E-state index contributed by atoms with van der Waals surface area (Å²) in [6.07, 6.45) is 3.41. The Morgan fingerprint density at radius 1 is 1.26 bits per heavy atom. The van der Waals surface area contributed by atoms with Crippen LogP contribution in [0.5, 0.6) is 0 Å². The SMILES string of the molecule is NC(=O)c1ccc(CCl)nc1NCc1ccncc1. The molecule has 0 aromatic carbocycles. The van der Waals surface area contributed by atoms with Crippen molar-refractivity contribution in [3.8, 4) is 0 Å². The molecule has 0 saturated heterocycles. The number of hydrogen-bond donors (Lipinski definition) is 2. The minimum absolute atomic E-state index is 0.281. The first-order chi connectivity index (χ1) is 9.20. The normalized spacial score (nSPS) is 10.2. The number of nitrogens with zero attached hydrogens (tertiary/aromatic N) is 2. The molecule has 6 heteroatoms. The lowest BCUT2D eigenvalue weighted by Crippen LogP contribution is -2.16. The van der Waals surface area contributed by atoms with Gasteiger partial charge in [-0.25, -0.2) is 4.98 Å². The minimum Gasteiger partial charge on any atom is -0.365 e. The van der Waals surface area contributed by atoms with Crippen LogP contribution < -0.4 is 11.1 Å². The molecule has 1 amide bonds. The number of aromatic nitrogens is 2. The van der Waals surface area contributed by atoms with Crippen molar-refractivity contribution in [2.24, 2.45) is 5.73 Å². The van der Waals surface area contributed by atoms with Gasteiger partial charge >= 0.3 is 0 Å². The maximum absolute atomic E-state index is 11.3. The summed E-state index contributed by atoms with van der Waals surface area (Å²) in [6.45, 7) is 0.529. The molecule has 5 nitrogen and oxygen atoms in total. The van der Waals surface area contributed by atoms with Gasteiger partial charge in [-0.2, -0.15) is 0 Å². The molecule has 2 heterocycles. The fourth-order valence-electron chi connectivity index (χ4n) is 1.59. The van der Waals surface area contributed by atoms with Crippen molar-refractivity contribution in [2.75, 3.05) is 5.32 Å². The summed E-state index contributed by atoms with van der Waals surface area (Å²) in [5.41, 5.74) is 7.38. The van der Waals surface area contributed by atoms with Gasteiger partial charge in [0.1, 0.15) is 5.82 Å². The zero-order valence-electron chi connectivity index (χ0n) is 10.1. The van der Waals surface area contributed by atoms with Crippen LogP contribution in [0.3, 0.4) is 0 Å². The number of alkyl halides is 1. The highest BCUT2D eigenvalue weighted by Gasteiger charge is 2.10. The van der Waals surface area contributed by atoms with Gasteiger partial charge in [-0.1, -0.05) is 0 Å². The highest BCUT2D eigenvalue weighted by atomic mass is 35.5. The van der Waals surface area contributed by atoms with Crippen molar-refractivity contribution in [1.29, 1.82) is 0 Å². The molecule has 0 spiro atoms. The predicted molar refractivity (Wildman–Crippen MR) is 73.9 cm³/mol. The predicted octanol–water partition coefficient (Wildman–Crippen LogP) is 1.93. The molecule has 0 aliphatic carbocycles. The van der Waals surface area contributed by atoms with E-state index in [1.54, 1.807) is 24.5 Å². The van der Waals surface area contributed by atoms with Crippen molar-refractivity contribution in [1.82, 2.24) is 9.97 Å². The van der Waals surface area contributed by atoms with E-state index in [1.165, 1.54) is 0 Å². The molecule has 2 rings (SSSR count). The highest BCUT2D eigenvalue weighted by molar-refractivity contribution is 6.16. The second-order valence-corrected chi connectivity index (χ2v) is 4.17. The molecule has 0 saturated carbocycles. The van der Waals surface area contributed by atoms with Gasteiger partial charge < -0.3 is 11.1 Å². The lowest BCUT2D eigenvalue weighted by atomic mass is 10.2. The van der Waals surface area contributed by atoms with Crippen molar-refractivity contribution in [2.45, 2.75) is 12.4 Å². The van der Waals surface area contributed by atoms with E-state index in [0.29, 0.717) is 23.6 Å². The van der Waals surface area contributed by atoms with Crippen LogP contribution in [0.2, 0.25) is 0 Å². The van der Waals surface area contributed by atoms with Crippen LogP contribution in [0, 0.1) is 0 Å². The molecule has 2 aromatic heterocycles. The number of rotatable bonds is 5. The van der Waals surface area contributed by atoms with Gasteiger partial charge in [0.2, 0.25) is 0 Å². The summed E-state index contributed by atoms with van der Waals surface area (Å²) < 4.78 is 0. The minimum atomic E-state index is -0.522. The number of primary amides is 1. The van der Waals surface area contributed by atoms with Gasteiger partial charge in [0.05, 0.1) is 17.1 Å². The van der Waals surface area contributed by atoms with Gasteiger partial charge in [-0.3, -0.25) is 9.78 Å². The number of nitrogens with two attached hydrogens (primary N) is 1. The fraction of sp³-hybridized carbons (Fsp3) is 0.154. The second-order valence-electron chi connectivity index (χ2n) is 3.91. The Morgan fingerprint density at radius 3 is 2.63 bits per heavy atom. The van der Waals surface area contributed by atoms with E-state index in [9.17, 15) is 4.79 Å². The van der Waals surface area contributed by atoms with E-state index >= 15 is 0 Å². The van der Waals surface area contributed by atoms with E-state index in [4.69, 9.17) is 17.3 Å². The molecule has 0 fully saturated rings. The number of anilines is 1. The first-order valence-corrected chi connectivity index (χ1v) is 6.22. The van der Waals surface area contributed by atoms with Crippen molar-refractivity contribution in [3.05, 3.63) is 53.5 Å². The van der Waals surface area contributed by atoms with Crippen LogP contribution in [0.15, 0.2) is 36.7 Å². The first kappa shape index (κ1) is 13.3. The van der Waals surface area contributed by atoms with E-state index in [2.05, 4.69) is 15.3 Å². The molecule has 0 aliphatic heterocycles. The molecule has 3 N–H and O–H groups in total. The van der Waals surface area contributed by atoms with Crippen LogP contribution in [0.4, 0.5) is 5.82 Å². The first-order valence-electron chi connectivity index (χ1n) is 5.69. The molecule has 2 aromatic rings. The van der Waals surface area contributed by atoms with Gasteiger partial charge in [0.25, 0.3) is 5.91 Å². The Bertz CT molecular complexity index is 574. The quantitative estimate of drug-likeness (QED) is 0.818. The Morgan fingerprint density at radius 2 is 2.00 bits per heavy atom. The summed E-state index contributed by atoms with van der Waals surface area (Å²) >= 11 is 5.73. The third-order valence-electron chi connectivity index (χ3n) is 2.56. The van der Waals surface area contributed by atoms with Crippen LogP contribution in [-0.4, -0.2) is 15.9 Å². The molecular weight excluding hydrogens is 264 g/mol.